The lowest BCUT2D eigenvalue weighted by atomic mass is 10.1. The van der Waals surface area contributed by atoms with E-state index in [1.165, 1.54) is 54.7 Å². The van der Waals surface area contributed by atoms with Crippen LogP contribution in [0.25, 0.3) is 20.9 Å². The number of hydrogen-bond donors (Lipinski definition) is 0. The highest BCUT2D eigenvalue weighted by atomic mass is 32.1. The Morgan fingerprint density at radius 2 is 1.18 bits per heavy atom. The molecule has 0 saturated carbocycles. The van der Waals surface area contributed by atoms with E-state index in [1.54, 1.807) is 22.7 Å². The van der Waals surface area contributed by atoms with E-state index >= 15 is 0 Å². The standard InChI is InChI=1S/C36H34O2S2/c1-5-7-9-11-13-15-17-19-25-37-33-27-32(36-24-22-30(4)40-36)34(28-31(33)35-23-21-29(3)39-35)38-26-20-18-16-14-12-10-8-6-2/h1,21-24,27-28H,6,8,10,12,14,16,18,20,26H2,2-4H3. The van der Waals surface area contributed by atoms with E-state index in [1.807, 2.05) is 6.07 Å². The predicted octanol–water partition coefficient (Wildman–Crippen LogP) is 9.26. The second-order valence-corrected chi connectivity index (χ2v) is 11.8. The molecule has 0 fully saturated rings. The van der Waals surface area contributed by atoms with Gasteiger partial charge in [-0.3, -0.25) is 0 Å². The Kier molecular flexibility index (Phi) is 13.4. The summed E-state index contributed by atoms with van der Waals surface area (Å²) in [7, 11) is 0. The Labute approximate surface area is 248 Å². The normalized spacial score (nSPS) is 9.45. The first-order valence-corrected chi connectivity index (χ1v) is 15.3. The highest BCUT2D eigenvalue weighted by Gasteiger charge is 2.17. The maximum absolute atomic E-state index is 6.43. The highest BCUT2D eigenvalue weighted by Crippen LogP contribution is 2.44. The van der Waals surface area contributed by atoms with Gasteiger partial charge in [-0.1, -0.05) is 51.9 Å². The largest absolute Gasteiger partial charge is 0.493 e. The van der Waals surface area contributed by atoms with Crippen LogP contribution in [0.4, 0.5) is 0 Å². The minimum Gasteiger partial charge on any atom is -0.493 e. The van der Waals surface area contributed by atoms with E-state index in [4.69, 9.17) is 15.9 Å². The van der Waals surface area contributed by atoms with Crippen LogP contribution in [-0.4, -0.2) is 6.61 Å². The van der Waals surface area contributed by atoms with Crippen LogP contribution in [0.1, 0.15) is 68.0 Å². The second-order valence-electron chi connectivity index (χ2n) is 9.21. The Morgan fingerprint density at radius 3 is 1.75 bits per heavy atom. The molecule has 1 aromatic carbocycles. The molecule has 0 N–H and O–H groups in total. The first-order valence-electron chi connectivity index (χ1n) is 13.7. The fraction of sp³-hybridized carbons (Fsp3) is 0.333. The van der Waals surface area contributed by atoms with Gasteiger partial charge < -0.3 is 9.47 Å². The van der Waals surface area contributed by atoms with Crippen molar-refractivity contribution in [2.45, 2.75) is 72.1 Å². The van der Waals surface area contributed by atoms with Crippen molar-refractivity contribution in [3.8, 4) is 92.3 Å². The van der Waals surface area contributed by atoms with Gasteiger partial charge in [-0.25, -0.2) is 0 Å². The molecule has 2 aromatic heterocycles. The highest BCUT2D eigenvalue weighted by molar-refractivity contribution is 7.15. The van der Waals surface area contributed by atoms with E-state index in [-0.39, 0.29) is 0 Å². The number of hydrogen-bond acceptors (Lipinski definition) is 4. The summed E-state index contributed by atoms with van der Waals surface area (Å²) in [5.41, 5.74) is 1.96. The quantitative estimate of drug-likeness (QED) is 0.153. The van der Waals surface area contributed by atoms with Gasteiger partial charge in [0, 0.05) is 54.3 Å². The van der Waals surface area contributed by atoms with E-state index in [9.17, 15) is 0 Å². The van der Waals surface area contributed by atoms with Crippen molar-refractivity contribution in [3.63, 3.8) is 0 Å². The van der Waals surface area contributed by atoms with Gasteiger partial charge >= 0.3 is 0 Å². The Balaban J connectivity index is 1.82. The van der Waals surface area contributed by atoms with Gasteiger partial charge in [-0.15, -0.1) is 29.1 Å². The van der Waals surface area contributed by atoms with E-state index in [2.05, 4.69) is 105 Å². The fourth-order valence-corrected chi connectivity index (χ4v) is 5.80. The average Bonchev–Trinajstić information content (AvgIpc) is 3.59. The molecular weight excluding hydrogens is 529 g/mol. The molecule has 0 bridgehead atoms. The molecule has 3 aromatic rings. The van der Waals surface area contributed by atoms with Crippen molar-refractivity contribution in [2.24, 2.45) is 0 Å². The number of rotatable bonds is 13. The van der Waals surface area contributed by atoms with Crippen molar-refractivity contribution in [1.29, 1.82) is 0 Å². The molecule has 2 nitrogen and oxygen atoms in total. The monoisotopic (exact) mass is 562 g/mol. The number of terminal acetylenes is 1. The van der Waals surface area contributed by atoms with Crippen LogP contribution in [0.15, 0.2) is 36.4 Å². The minimum absolute atomic E-state index is 0.669. The summed E-state index contributed by atoms with van der Waals surface area (Å²) in [5.74, 6) is 21.8. The molecule has 0 saturated heterocycles. The molecule has 2 heterocycles. The zero-order valence-electron chi connectivity index (χ0n) is 23.5. The molecule has 3 rings (SSSR count). The molecule has 202 valence electrons. The average molecular weight is 563 g/mol. The van der Waals surface area contributed by atoms with Gasteiger partial charge in [0.15, 0.2) is 0 Å². The van der Waals surface area contributed by atoms with Gasteiger partial charge in [-0.2, -0.15) is 0 Å². The summed E-state index contributed by atoms with van der Waals surface area (Å²) < 4.78 is 12.4. The summed E-state index contributed by atoms with van der Waals surface area (Å²) in [5, 5.41) is 0. The van der Waals surface area contributed by atoms with Crippen molar-refractivity contribution in [3.05, 3.63) is 46.2 Å². The molecule has 40 heavy (non-hydrogen) atoms. The molecule has 0 radical (unpaired) electrons. The number of aryl methyl sites for hydroxylation is 2. The lowest BCUT2D eigenvalue weighted by Gasteiger charge is -2.15. The summed E-state index contributed by atoms with van der Waals surface area (Å²) in [6, 6.07) is 12.6. The van der Waals surface area contributed by atoms with E-state index in [0.717, 1.165) is 33.1 Å². The molecule has 0 atom stereocenters. The number of unbranched alkanes of at least 4 members (excludes halogenated alkanes) is 7. The zero-order chi connectivity index (χ0) is 28.4. The van der Waals surface area contributed by atoms with Gasteiger partial charge in [0.25, 0.3) is 0 Å². The van der Waals surface area contributed by atoms with E-state index in [0.29, 0.717) is 12.4 Å². The van der Waals surface area contributed by atoms with Crippen molar-refractivity contribution in [1.82, 2.24) is 0 Å². The van der Waals surface area contributed by atoms with Crippen LogP contribution in [-0.2, 0) is 0 Å². The van der Waals surface area contributed by atoms with Crippen molar-refractivity contribution < 1.29 is 9.47 Å². The molecule has 0 aliphatic rings. The van der Waals surface area contributed by atoms with Crippen LogP contribution in [0, 0.1) is 73.7 Å². The van der Waals surface area contributed by atoms with Gasteiger partial charge in [0.05, 0.1) is 6.61 Å². The predicted molar refractivity (Wildman–Crippen MR) is 171 cm³/mol. The van der Waals surface area contributed by atoms with Crippen molar-refractivity contribution in [2.75, 3.05) is 6.61 Å². The van der Waals surface area contributed by atoms with Crippen LogP contribution in [0.5, 0.6) is 11.5 Å². The number of thiophene rings is 2. The van der Waals surface area contributed by atoms with Gasteiger partial charge in [-0.05, 0) is 80.3 Å². The molecule has 0 aliphatic carbocycles. The smallest absolute Gasteiger partial charge is 0.149 e. The molecule has 4 heteroatoms. The SMILES string of the molecule is C#CC#CC#CC#CC#COc1cc(-c2ccc(C)s2)c(OCCCCCCCCCC)cc1-c1ccc(C)s1. The number of benzene rings is 1. The summed E-state index contributed by atoms with van der Waals surface area (Å²) in [6.45, 7) is 7.16. The topological polar surface area (TPSA) is 18.5 Å². The fourth-order valence-electron chi connectivity index (χ4n) is 4.02. The van der Waals surface area contributed by atoms with Crippen LogP contribution < -0.4 is 9.47 Å². The Bertz CT molecular complexity index is 1550. The van der Waals surface area contributed by atoms with E-state index < -0.39 is 0 Å². The Hall–Kier alpha value is -3.98. The molecule has 0 unspecified atom stereocenters. The Morgan fingerprint density at radius 1 is 0.650 bits per heavy atom. The molecule has 0 aliphatic heterocycles. The lowest BCUT2D eigenvalue weighted by molar-refractivity contribution is 0.305. The third-order valence-electron chi connectivity index (χ3n) is 6.01. The first kappa shape index (κ1) is 30.6. The summed E-state index contributed by atoms with van der Waals surface area (Å²) in [4.78, 5) is 4.71. The van der Waals surface area contributed by atoms with Crippen molar-refractivity contribution >= 4 is 22.7 Å². The van der Waals surface area contributed by atoms with Crippen LogP contribution in [0.2, 0.25) is 0 Å². The zero-order valence-corrected chi connectivity index (χ0v) is 25.2. The maximum Gasteiger partial charge on any atom is 0.149 e. The third kappa shape index (κ3) is 10.3. The maximum atomic E-state index is 6.43. The first-order chi connectivity index (χ1) is 19.6. The molecular formula is C36H34O2S2. The third-order valence-corrected chi connectivity index (χ3v) is 8.08. The number of ether oxygens (including phenoxy) is 2. The summed E-state index contributed by atoms with van der Waals surface area (Å²) >= 11 is 3.45. The molecule has 0 spiro atoms. The lowest BCUT2D eigenvalue weighted by Crippen LogP contribution is -2.00. The van der Waals surface area contributed by atoms with Gasteiger partial charge in [0.2, 0.25) is 0 Å². The minimum atomic E-state index is 0.669. The summed E-state index contributed by atoms with van der Waals surface area (Å²) in [6.07, 6.45) is 17.9. The van der Waals surface area contributed by atoms with Crippen LogP contribution >= 0.6 is 22.7 Å². The molecule has 0 amide bonds. The van der Waals surface area contributed by atoms with Crippen LogP contribution in [0.3, 0.4) is 0 Å². The van der Waals surface area contributed by atoms with Gasteiger partial charge in [0.1, 0.15) is 17.6 Å². The second kappa shape index (κ2) is 17.6.